The Kier molecular flexibility index (Phi) is 7.99. The summed E-state index contributed by atoms with van der Waals surface area (Å²) in [7, 11) is -1.75. The fourth-order valence-corrected chi connectivity index (χ4v) is 5.13. The maximum atomic E-state index is 13.2. The number of para-hydroxylation sites is 1. The number of hydrogen-bond donors (Lipinski definition) is 0. The summed E-state index contributed by atoms with van der Waals surface area (Å²) in [5, 5.41) is 0. The van der Waals surface area contributed by atoms with Crippen LogP contribution in [0.2, 0.25) is 0 Å². The molecule has 0 aliphatic carbocycles. The van der Waals surface area contributed by atoms with E-state index in [0.29, 0.717) is 28.9 Å². The minimum Gasteiger partial charge on any atom is -0.434 e. The summed E-state index contributed by atoms with van der Waals surface area (Å²) in [5.41, 5.74) is 4.30. The molecule has 216 valence electrons. The average molecular weight is 592 g/mol. The van der Waals surface area contributed by atoms with E-state index in [2.05, 4.69) is 9.97 Å². The highest BCUT2D eigenvalue weighted by molar-refractivity contribution is 7.90. The van der Waals surface area contributed by atoms with Gasteiger partial charge in [-0.3, -0.25) is 9.69 Å². The monoisotopic (exact) mass is 591 g/mol. The Bertz CT molecular complexity index is 1860. The molecule has 0 N–H and O–H groups in total. The molecule has 0 fully saturated rings. The van der Waals surface area contributed by atoms with E-state index in [1.54, 1.807) is 61.9 Å². The van der Waals surface area contributed by atoms with Crippen molar-refractivity contribution < 1.29 is 26.7 Å². The number of sulfone groups is 1. The number of aromatic nitrogens is 4. The van der Waals surface area contributed by atoms with Crippen LogP contribution in [0.3, 0.4) is 0 Å². The number of benzene rings is 3. The lowest BCUT2D eigenvalue weighted by Gasteiger charge is -2.14. The highest BCUT2D eigenvalue weighted by Gasteiger charge is 2.17. The first-order chi connectivity index (χ1) is 20.0. The minimum absolute atomic E-state index is 0.0625. The van der Waals surface area contributed by atoms with Crippen molar-refractivity contribution in [1.82, 2.24) is 19.5 Å². The van der Waals surface area contributed by atoms with E-state index in [1.165, 1.54) is 17.9 Å². The number of carbonyl (C=O) groups excluding carboxylic acids is 1. The van der Waals surface area contributed by atoms with Gasteiger partial charge in [0.2, 0.25) is 11.9 Å². The second-order valence-electron chi connectivity index (χ2n) is 9.75. The fourth-order valence-electron chi connectivity index (χ4n) is 4.50. The largest absolute Gasteiger partial charge is 0.434 e. The lowest BCUT2D eigenvalue weighted by molar-refractivity contribution is -0.116. The molecule has 5 aromatic rings. The van der Waals surface area contributed by atoms with Crippen LogP contribution >= 0.6 is 0 Å². The van der Waals surface area contributed by atoms with Gasteiger partial charge in [0.1, 0.15) is 11.6 Å². The van der Waals surface area contributed by atoms with Crippen LogP contribution in [0, 0.1) is 0 Å². The standard InChI is InChI=1S/C30H27F2N5O4S/c1-19(38)36(2)30-33-16-23(17-34-30)21-10-13-25-26(15-21)37(18-22-6-4-5-7-27(22)41-29(31)32)28(35-25)14-20-8-11-24(12-9-20)42(3,39)40/h4-13,15-17,29H,14,18H2,1-3H3. The Morgan fingerprint density at radius 3 is 2.33 bits per heavy atom. The van der Waals surface area contributed by atoms with Crippen LogP contribution in [0.1, 0.15) is 23.9 Å². The van der Waals surface area contributed by atoms with Gasteiger partial charge in [0, 0.05) is 50.2 Å². The Balaban J connectivity index is 1.58. The molecule has 42 heavy (non-hydrogen) atoms. The Morgan fingerprint density at radius 2 is 1.69 bits per heavy atom. The molecular weight excluding hydrogens is 564 g/mol. The zero-order valence-electron chi connectivity index (χ0n) is 23.0. The predicted octanol–water partition coefficient (Wildman–Crippen LogP) is 5.12. The van der Waals surface area contributed by atoms with Crippen LogP contribution < -0.4 is 9.64 Å². The molecule has 12 heteroatoms. The quantitative estimate of drug-likeness (QED) is 0.234. The van der Waals surface area contributed by atoms with Crippen molar-refractivity contribution >= 4 is 32.7 Å². The third-order valence-electron chi connectivity index (χ3n) is 6.80. The van der Waals surface area contributed by atoms with Crippen molar-refractivity contribution in [2.75, 3.05) is 18.2 Å². The molecule has 0 bridgehead atoms. The SMILES string of the molecule is CC(=O)N(C)c1ncc(-c2ccc3nc(Cc4ccc(S(C)(=O)=O)cc4)n(Cc4ccccc4OC(F)F)c3c2)cn1. The molecule has 0 atom stereocenters. The average Bonchev–Trinajstić information content (AvgIpc) is 3.29. The number of nitrogens with zero attached hydrogens (tertiary/aromatic N) is 5. The van der Waals surface area contributed by atoms with Crippen molar-refractivity contribution in [1.29, 1.82) is 0 Å². The van der Waals surface area contributed by atoms with Gasteiger partial charge in [-0.25, -0.2) is 23.4 Å². The smallest absolute Gasteiger partial charge is 0.387 e. The third-order valence-corrected chi connectivity index (χ3v) is 7.93. The second-order valence-corrected chi connectivity index (χ2v) is 11.8. The van der Waals surface area contributed by atoms with Crippen molar-refractivity contribution in [3.05, 3.63) is 96.1 Å². The number of ether oxygens (including phenoxy) is 1. The summed E-state index contributed by atoms with van der Waals surface area (Å²) in [6.45, 7) is -1.36. The fraction of sp³-hybridized carbons (Fsp3) is 0.200. The van der Waals surface area contributed by atoms with E-state index >= 15 is 0 Å². The molecule has 2 heterocycles. The summed E-state index contributed by atoms with van der Waals surface area (Å²) in [4.78, 5) is 26.7. The van der Waals surface area contributed by atoms with Gasteiger partial charge in [-0.2, -0.15) is 8.78 Å². The Labute approximate surface area is 241 Å². The Morgan fingerprint density at radius 1 is 1.00 bits per heavy atom. The molecule has 3 aromatic carbocycles. The van der Waals surface area contributed by atoms with Gasteiger partial charge in [-0.1, -0.05) is 36.4 Å². The maximum absolute atomic E-state index is 13.2. The van der Waals surface area contributed by atoms with E-state index in [0.717, 1.165) is 22.9 Å². The molecule has 0 aliphatic heterocycles. The lowest BCUT2D eigenvalue weighted by atomic mass is 10.1. The maximum Gasteiger partial charge on any atom is 0.387 e. The van der Waals surface area contributed by atoms with Crippen molar-refractivity contribution in [3.63, 3.8) is 0 Å². The molecule has 9 nitrogen and oxygen atoms in total. The van der Waals surface area contributed by atoms with Gasteiger partial charge in [0.25, 0.3) is 0 Å². The number of fused-ring (bicyclic) bond motifs is 1. The molecular formula is C30H27F2N5O4S. The first-order valence-corrected chi connectivity index (χ1v) is 14.8. The number of anilines is 1. The zero-order chi connectivity index (χ0) is 30.0. The van der Waals surface area contributed by atoms with Gasteiger partial charge >= 0.3 is 6.61 Å². The summed E-state index contributed by atoms with van der Waals surface area (Å²) in [5.74, 6) is 0.795. The number of amides is 1. The van der Waals surface area contributed by atoms with Gasteiger partial charge in [-0.05, 0) is 41.5 Å². The van der Waals surface area contributed by atoms with Crippen LogP contribution in [0.15, 0.2) is 84.0 Å². The summed E-state index contributed by atoms with van der Waals surface area (Å²) in [6, 6.07) is 18.8. The highest BCUT2D eigenvalue weighted by Crippen LogP contribution is 2.29. The molecule has 2 aromatic heterocycles. The zero-order valence-corrected chi connectivity index (χ0v) is 23.8. The molecule has 0 unspecified atom stereocenters. The van der Waals surface area contributed by atoms with Crippen molar-refractivity contribution in [2.24, 2.45) is 0 Å². The number of carbonyl (C=O) groups is 1. The van der Waals surface area contributed by atoms with Crippen LogP contribution in [0.25, 0.3) is 22.2 Å². The van der Waals surface area contributed by atoms with Crippen LogP contribution in [0.5, 0.6) is 5.75 Å². The normalized spacial score (nSPS) is 11.7. The molecule has 0 saturated carbocycles. The summed E-state index contributed by atoms with van der Waals surface area (Å²) < 4.78 is 56.8. The third kappa shape index (κ3) is 6.28. The summed E-state index contributed by atoms with van der Waals surface area (Å²) >= 11 is 0. The first kappa shape index (κ1) is 28.8. The van der Waals surface area contributed by atoms with E-state index in [-0.39, 0.29) is 29.0 Å². The molecule has 0 spiro atoms. The van der Waals surface area contributed by atoms with Crippen LogP contribution in [-0.2, 0) is 27.6 Å². The molecule has 1 amide bonds. The lowest BCUT2D eigenvalue weighted by Crippen LogP contribution is -2.24. The molecule has 5 rings (SSSR count). The Hall–Kier alpha value is -4.71. The predicted molar refractivity (Wildman–Crippen MR) is 154 cm³/mol. The second kappa shape index (κ2) is 11.6. The van der Waals surface area contributed by atoms with E-state index < -0.39 is 16.4 Å². The highest BCUT2D eigenvalue weighted by atomic mass is 32.2. The molecule has 0 aliphatic rings. The summed E-state index contributed by atoms with van der Waals surface area (Å²) in [6.07, 6.45) is 4.76. The van der Waals surface area contributed by atoms with Crippen molar-refractivity contribution in [2.45, 2.75) is 31.4 Å². The van der Waals surface area contributed by atoms with Gasteiger partial charge in [0.05, 0.1) is 22.5 Å². The topological polar surface area (TPSA) is 107 Å². The number of alkyl halides is 2. The van der Waals surface area contributed by atoms with Crippen molar-refractivity contribution in [3.8, 4) is 16.9 Å². The van der Waals surface area contributed by atoms with Gasteiger partial charge in [-0.15, -0.1) is 0 Å². The molecule has 0 radical (unpaired) electrons. The van der Waals surface area contributed by atoms with Crippen LogP contribution in [-0.4, -0.2) is 53.8 Å². The van der Waals surface area contributed by atoms with Gasteiger partial charge < -0.3 is 9.30 Å². The molecule has 0 saturated heterocycles. The number of imidazole rings is 1. The van der Waals surface area contributed by atoms with E-state index in [1.807, 2.05) is 22.8 Å². The number of hydrogen-bond acceptors (Lipinski definition) is 7. The van der Waals surface area contributed by atoms with Crippen LogP contribution in [0.4, 0.5) is 14.7 Å². The number of rotatable bonds is 9. The van der Waals surface area contributed by atoms with E-state index in [4.69, 9.17) is 9.72 Å². The van der Waals surface area contributed by atoms with E-state index in [9.17, 15) is 22.0 Å². The minimum atomic E-state index is -3.35. The number of halogens is 2. The first-order valence-electron chi connectivity index (χ1n) is 12.9. The van der Waals surface area contributed by atoms with Gasteiger partial charge in [0.15, 0.2) is 9.84 Å².